The van der Waals surface area contributed by atoms with Gasteiger partial charge in [-0.3, -0.25) is 4.79 Å². The van der Waals surface area contributed by atoms with E-state index in [1.807, 2.05) is 31.2 Å². The Hall–Kier alpha value is -2.12. The summed E-state index contributed by atoms with van der Waals surface area (Å²) < 4.78 is 7.39. The van der Waals surface area contributed by atoms with Gasteiger partial charge < -0.3 is 9.64 Å². The number of halogens is 1. The first kappa shape index (κ1) is 16.4. The molecular weight excluding hydrogens is 360 g/mol. The molecule has 2 aromatic heterocycles. The first-order valence-electron chi connectivity index (χ1n) is 8.19. The van der Waals surface area contributed by atoms with E-state index < -0.39 is 0 Å². The Balaban J connectivity index is 1.52. The van der Waals surface area contributed by atoms with Crippen LogP contribution in [-0.2, 0) is 6.42 Å². The summed E-state index contributed by atoms with van der Waals surface area (Å²) in [5.41, 5.74) is 0.666. The summed E-state index contributed by atoms with van der Waals surface area (Å²) in [6.45, 7) is 3.54. The fourth-order valence-corrected chi connectivity index (χ4v) is 4.03. The van der Waals surface area contributed by atoms with E-state index in [1.165, 1.54) is 15.9 Å². The molecule has 1 saturated heterocycles. The van der Waals surface area contributed by atoms with E-state index in [2.05, 4.69) is 15.0 Å². The average Bonchev–Trinajstić information content (AvgIpc) is 3.21. The van der Waals surface area contributed by atoms with Crippen LogP contribution >= 0.6 is 22.9 Å². The molecule has 1 atom stereocenters. The van der Waals surface area contributed by atoms with E-state index >= 15 is 0 Å². The predicted octanol–water partition coefficient (Wildman–Crippen LogP) is 3.02. The number of benzene rings is 1. The highest BCUT2D eigenvalue weighted by Crippen LogP contribution is 2.27. The molecule has 25 heavy (non-hydrogen) atoms. The maximum absolute atomic E-state index is 12.1. The minimum absolute atomic E-state index is 0.0707. The van der Waals surface area contributed by atoms with Crippen LogP contribution in [0.3, 0.4) is 0 Å². The quantitative estimate of drug-likeness (QED) is 0.700. The molecule has 0 bridgehead atoms. The second-order valence-electron chi connectivity index (χ2n) is 5.95. The van der Waals surface area contributed by atoms with Crippen molar-refractivity contribution in [2.75, 3.05) is 18.0 Å². The molecule has 1 aliphatic heterocycles. The third-order valence-electron chi connectivity index (χ3n) is 4.16. The molecule has 8 heteroatoms. The van der Waals surface area contributed by atoms with Crippen LogP contribution in [0.25, 0.3) is 4.96 Å². The zero-order chi connectivity index (χ0) is 17.4. The molecule has 0 saturated carbocycles. The lowest BCUT2D eigenvalue weighted by Gasteiger charge is -2.15. The fraction of sp³-hybridized carbons (Fsp3) is 0.353. The Kier molecular flexibility index (Phi) is 4.35. The Morgan fingerprint density at radius 1 is 1.40 bits per heavy atom. The smallest absolute Gasteiger partial charge is 0.275 e. The summed E-state index contributed by atoms with van der Waals surface area (Å²) in [5, 5.41) is 5.90. The van der Waals surface area contributed by atoms with Crippen LogP contribution in [0.5, 0.6) is 5.75 Å². The highest BCUT2D eigenvalue weighted by Gasteiger charge is 2.27. The molecule has 0 aliphatic carbocycles. The summed E-state index contributed by atoms with van der Waals surface area (Å²) in [7, 11) is 0. The van der Waals surface area contributed by atoms with Crippen molar-refractivity contribution in [2.24, 2.45) is 0 Å². The lowest BCUT2D eigenvalue weighted by atomic mass is 10.3. The molecule has 1 aromatic carbocycles. The molecule has 0 radical (unpaired) electrons. The Bertz CT molecular complexity index is 971. The molecule has 1 fully saturated rings. The molecule has 0 spiro atoms. The van der Waals surface area contributed by atoms with E-state index in [4.69, 9.17) is 16.3 Å². The standard InChI is InChI=1S/C17H17ClN4O2S/c1-2-12-9-15(23)22-16(19-12)25-17(20-22)21-7-6-14(10-21)24-13-5-3-4-11(18)8-13/h3-5,8-9,14H,2,6-7,10H2,1H3. The second-order valence-corrected chi connectivity index (χ2v) is 7.32. The van der Waals surface area contributed by atoms with Crippen molar-refractivity contribution < 1.29 is 4.74 Å². The summed E-state index contributed by atoms with van der Waals surface area (Å²) in [6.07, 6.45) is 1.70. The van der Waals surface area contributed by atoms with Gasteiger partial charge in [0.25, 0.3) is 5.56 Å². The van der Waals surface area contributed by atoms with Crippen LogP contribution in [0.1, 0.15) is 19.0 Å². The predicted molar refractivity (Wildman–Crippen MR) is 99.2 cm³/mol. The van der Waals surface area contributed by atoms with Gasteiger partial charge in [0.05, 0.1) is 6.54 Å². The molecule has 1 aliphatic rings. The number of hydrogen-bond acceptors (Lipinski definition) is 6. The van der Waals surface area contributed by atoms with E-state index in [0.717, 1.165) is 42.5 Å². The van der Waals surface area contributed by atoms with Crippen molar-refractivity contribution in [3.8, 4) is 5.75 Å². The minimum Gasteiger partial charge on any atom is -0.488 e. The Morgan fingerprint density at radius 3 is 3.08 bits per heavy atom. The summed E-state index contributed by atoms with van der Waals surface area (Å²) in [5.74, 6) is 0.772. The van der Waals surface area contributed by atoms with Gasteiger partial charge in [-0.25, -0.2) is 4.98 Å². The van der Waals surface area contributed by atoms with Crippen molar-refractivity contribution in [1.29, 1.82) is 0 Å². The number of aryl methyl sites for hydroxylation is 1. The van der Waals surface area contributed by atoms with Gasteiger partial charge in [-0.05, 0) is 24.6 Å². The molecular formula is C17H17ClN4O2S. The van der Waals surface area contributed by atoms with Gasteiger partial charge in [-0.2, -0.15) is 4.52 Å². The minimum atomic E-state index is -0.129. The number of nitrogens with zero attached hydrogens (tertiary/aromatic N) is 4. The van der Waals surface area contributed by atoms with Gasteiger partial charge in [0, 0.05) is 29.7 Å². The first-order chi connectivity index (χ1) is 12.1. The van der Waals surface area contributed by atoms with Gasteiger partial charge in [-0.15, -0.1) is 5.10 Å². The Labute approximate surface area is 153 Å². The maximum Gasteiger partial charge on any atom is 0.275 e. The van der Waals surface area contributed by atoms with E-state index in [9.17, 15) is 4.79 Å². The Morgan fingerprint density at radius 2 is 2.28 bits per heavy atom. The van der Waals surface area contributed by atoms with Gasteiger partial charge in [0.2, 0.25) is 10.1 Å². The number of aromatic nitrogens is 3. The molecule has 0 amide bonds. The normalized spacial score (nSPS) is 17.4. The molecule has 3 heterocycles. The van der Waals surface area contributed by atoms with Crippen molar-refractivity contribution in [3.05, 3.63) is 51.4 Å². The van der Waals surface area contributed by atoms with E-state index in [0.29, 0.717) is 9.98 Å². The monoisotopic (exact) mass is 376 g/mol. The molecule has 0 N–H and O–H groups in total. The summed E-state index contributed by atoms with van der Waals surface area (Å²) in [4.78, 5) is 19.4. The molecule has 4 rings (SSSR count). The molecule has 6 nitrogen and oxygen atoms in total. The van der Waals surface area contributed by atoms with Crippen LogP contribution in [0.2, 0.25) is 5.02 Å². The SMILES string of the molecule is CCc1cc(=O)n2nc(N3CCC(Oc4cccc(Cl)c4)C3)sc2n1. The highest BCUT2D eigenvalue weighted by molar-refractivity contribution is 7.20. The largest absolute Gasteiger partial charge is 0.488 e. The number of ether oxygens (including phenoxy) is 1. The van der Waals surface area contributed by atoms with Gasteiger partial charge >= 0.3 is 0 Å². The third-order valence-corrected chi connectivity index (χ3v) is 5.37. The first-order valence-corrected chi connectivity index (χ1v) is 9.39. The van der Waals surface area contributed by atoms with Crippen LogP contribution < -0.4 is 15.2 Å². The van der Waals surface area contributed by atoms with Crippen LogP contribution in [-0.4, -0.2) is 33.8 Å². The fourth-order valence-electron chi connectivity index (χ4n) is 2.89. The third kappa shape index (κ3) is 3.34. The highest BCUT2D eigenvalue weighted by atomic mass is 35.5. The summed E-state index contributed by atoms with van der Waals surface area (Å²) >= 11 is 7.44. The lowest BCUT2D eigenvalue weighted by molar-refractivity contribution is 0.225. The van der Waals surface area contributed by atoms with Crippen molar-refractivity contribution in [3.63, 3.8) is 0 Å². The molecule has 130 valence electrons. The van der Waals surface area contributed by atoms with E-state index in [-0.39, 0.29) is 11.7 Å². The number of rotatable bonds is 4. The topological polar surface area (TPSA) is 59.7 Å². The van der Waals surface area contributed by atoms with Crippen molar-refractivity contribution in [2.45, 2.75) is 25.9 Å². The van der Waals surface area contributed by atoms with Crippen LogP contribution in [0.4, 0.5) is 5.13 Å². The van der Waals surface area contributed by atoms with Gasteiger partial charge in [0.1, 0.15) is 11.9 Å². The zero-order valence-electron chi connectivity index (χ0n) is 13.7. The summed E-state index contributed by atoms with van der Waals surface area (Å²) in [6, 6.07) is 8.97. The van der Waals surface area contributed by atoms with Crippen LogP contribution in [0.15, 0.2) is 35.1 Å². The van der Waals surface area contributed by atoms with Crippen molar-refractivity contribution >= 4 is 33.0 Å². The number of anilines is 1. The number of fused-ring (bicyclic) bond motifs is 1. The molecule has 1 unspecified atom stereocenters. The van der Waals surface area contributed by atoms with Gasteiger partial charge in [0.15, 0.2) is 0 Å². The van der Waals surface area contributed by atoms with E-state index in [1.54, 1.807) is 6.07 Å². The van der Waals surface area contributed by atoms with Crippen LogP contribution in [0, 0.1) is 0 Å². The zero-order valence-corrected chi connectivity index (χ0v) is 15.3. The van der Waals surface area contributed by atoms with Gasteiger partial charge in [-0.1, -0.05) is 35.9 Å². The van der Waals surface area contributed by atoms with Crippen molar-refractivity contribution in [1.82, 2.24) is 14.6 Å². The maximum atomic E-state index is 12.1. The number of hydrogen-bond donors (Lipinski definition) is 0. The average molecular weight is 377 g/mol. The lowest BCUT2D eigenvalue weighted by Crippen LogP contribution is -2.25. The second kappa shape index (κ2) is 6.65. The molecule has 3 aromatic rings.